The van der Waals surface area contributed by atoms with E-state index in [9.17, 15) is 10.1 Å². The van der Waals surface area contributed by atoms with Gasteiger partial charge in [-0.05, 0) is 12.5 Å². The lowest BCUT2D eigenvalue weighted by Gasteiger charge is -2.32. The van der Waals surface area contributed by atoms with Crippen molar-refractivity contribution in [2.75, 3.05) is 26.3 Å². The summed E-state index contributed by atoms with van der Waals surface area (Å²) >= 11 is 0. The van der Waals surface area contributed by atoms with Crippen LogP contribution in [0.15, 0.2) is 24.3 Å². The van der Waals surface area contributed by atoms with Crippen LogP contribution in [0.5, 0.6) is 0 Å². The van der Waals surface area contributed by atoms with Crippen LogP contribution in [0.2, 0.25) is 0 Å². The van der Waals surface area contributed by atoms with Crippen LogP contribution in [0.1, 0.15) is 18.5 Å². The van der Waals surface area contributed by atoms with E-state index in [1.807, 2.05) is 12.1 Å². The van der Waals surface area contributed by atoms with Crippen LogP contribution in [0.25, 0.3) is 0 Å². The summed E-state index contributed by atoms with van der Waals surface area (Å²) in [7, 11) is 0. The maximum absolute atomic E-state index is 10.6. The van der Waals surface area contributed by atoms with Crippen LogP contribution < -0.4 is 0 Å². The fourth-order valence-corrected chi connectivity index (χ4v) is 2.05. The second kappa shape index (κ2) is 5.25. The van der Waals surface area contributed by atoms with Gasteiger partial charge in [0, 0.05) is 31.3 Å². The minimum atomic E-state index is -0.372. The van der Waals surface area contributed by atoms with Crippen LogP contribution in [-0.2, 0) is 4.74 Å². The monoisotopic (exact) mass is 236 g/mol. The van der Waals surface area contributed by atoms with E-state index in [1.165, 1.54) is 0 Å². The molecule has 0 N–H and O–H groups in total. The lowest BCUT2D eigenvalue weighted by molar-refractivity contribution is -0.384. The third-order valence-corrected chi connectivity index (χ3v) is 3.18. The number of benzene rings is 1. The van der Waals surface area contributed by atoms with Gasteiger partial charge in [0.1, 0.15) is 0 Å². The minimum Gasteiger partial charge on any atom is -0.379 e. The van der Waals surface area contributed by atoms with Gasteiger partial charge in [0.2, 0.25) is 0 Å². The number of nitro groups is 1. The number of nitrogens with zero attached hydrogens (tertiary/aromatic N) is 2. The Hall–Kier alpha value is -1.46. The highest BCUT2D eigenvalue weighted by Gasteiger charge is 2.18. The van der Waals surface area contributed by atoms with E-state index in [1.54, 1.807) is 12.1 Å². The molecule has 0 spiro atoms. The zero-order valence-electron chi connectivity index (χ0n) is 9.83. The summed E-state index contributed by atoms with van der Waals surface area (Å²) in [4.78, 5) is 12.5. The summed E-state index contributed by atoms with van der Waals surface area (Å²) in [6.45, 7) is 5.47. The average Bonchev–Trinajstić information content (AvgIpc) is 2.39. The van der Waals surface area contributed by atoms with E-state index < -0.39 is 0 Å². The molecule has 1 aromatic rings. The molecular formula is C12H16N2O3. The van der Waals surface area contributed by atoms with Crippen molar-refractivity contribution in [1.82, 2.24) is 4.90 Å². The predicted molar refractivity (Wildman–Crippen MR) is 63.9 cm³/mol. The van der Waals surface area contributed by atoms with Crippen molar-refractivity contribution in [3.05, 3.63) is 39.9 Å². The highest BCUT2D eigenvalue weighted by Crippen LogP contribution is 2.23. The van der Waals surface area contributed by atoms with Crippen LogP contribution in [0.3, 0.4) is 0 Å². The Bertz CT molecular complexity index is 385. The molecule has 1 heterocycles. The van der Waals surface area contributed by atoms with Crippen LogP contribution in [-0.4, -0.2) is 36.1 Å². The standard InChI is InChI=1S/C12H16N2O3/c1-10(13-6-8-17-9-7-13)11-2-4-12(5-3-11)14(15)16/h2-5,10H,6-9H2,1H3/t10-/m1/s1. The van der Waals surface area contributed by atoms with Crippen LogP contribution >= 0.6 is 0 Å². The predicted octanol–water partition coefficient (Wildman–Crippen LogP) is 1.99. The van der Waals surface area contributed by atoms with E-state index in [-0.39, 0.29) is 16.7 Å². The normalized spacial score (nSPS) is 18.9. The van der Waals surface area contributed by atoms with Gasteiger partial charge in [0.25, 0.3) is 5.69 Å². The van der Waals surface area contributed by atoms with E-state index in [0.717, 1.165) is 31.9 Å². The molecule has 5 nitrogen and oxygen atoms in total. The molecule has 1 aliphatic heterocycles. The molecular weight excluding hydrogens is 220 g/mol. The summed E-state index contributed by atoms with van der Waals surface area (Å²) in [6.07, 6.45) is 0. The van der Waals surface area contributed by atoms with Crippen molar-refractivity contribution in [2.24, 2.45) is 0 Å². The Morgan fingerprint density at radius 3 is 2.41 bits per heavy atom. The number of hydrogen-bond acceptors (Lipinski definition) is 4. The zero-order valence-corrected chi connectivity index (χ0v) is 9.83. The molecule has 17 heavy (non-hydrogen) atoms. The number of rotatable bonds is 3. The van der Waals surface area contributed by atoms with Gasteiger partial charge < -0.3 is 4.74 Å². The number of morpholine rings is 1. The fraction of sp³-hybridized carbons (Fsp3) is 0.500. The van der Waals surface area contributed by atoms with Gasteiger partial charge in [-0.25, -0.2) is 0 Å². The van der Waals surface area contributed by atoms with E-state index in [4.69, 9.17) is 4.74 Å². The van der Waals surface area contributed by atoms with E-state index in [0.29, 0.717) is 0 Å². The van der Waals surface area contributed by atoms with Gasteiger partial charge in [-0.2, -0.15) is 0 Å². The first-order valence-corrected chi connectivity index (χ1v) is 5.74. The summed E-state index contributed by atoms with van der Waals surface area (Å²) < 4.78 is 5.31. The maximum atomic E-state index is 10.6. The average molecular weight is 236 g/mol. The molecule has 5 heteroatoms. The summed E-state index contributed by atoms with van der Waals surface area (Å²) in [6, 6.07) is 7.06. The summed E-state index contributed by atoms with van der Waals surface area (Å²) in [5.74, 6) is 0. The molecule has 0 radical (unpaired) electrons. The maximum Gasteiger partial charge on any atom is 0.269 e. The first-order valence-electron chi connectivity index (χ1n) is 5.74. The van der Waals surface area contributed by atoms with Crippen molar-refractivity contribution in [2.45, 2.75) is 13.0 Å². The second-order valence-corrected chi connectivity index (χ2v) is 4.17. The Kier molecular flexibility index (Phi) is 3.71. The van der Waals surface area contributed by atoms with Crippen LogP contribution in [0, 0.1) is 10.1 Å². The number of non-ortho nitro benzene ring substituents is 1. The van der Waals surface area contributed by atoms with Gasteiger partial charge >= 0.3 is 0 Å². The molecule has 1 saturated heterocycles. The molecule has 1 aromatic carbocycles. The summed E-state index contributed by atoms with van der Waals surface area (Å²) in [5.41, 5.74) is 1.25. The Balaban J connectivity index is 2.07. The molecule has 0 unspecified atom stereocenters. The van der Waals surface area contributed by atoms with Crippen molar-refractivity contribution >= 4 is 5.69 Å². The molecule has 0 aromatic heterocycles. The van der Waals surface area contributed by atoms with Gasteiger partial charge in [-0.15, -0.1) is 0 Å². The first kappa shape index (κ1) is 12.0. The third-order valence-electron chi connectivity index (χ3n) is 3.18. The second-order valence-electron chi connectivity index (χ2n) is 4.17. The van der Waals surface area contributed by atoms with Crippen molar-refractivity contribution in [3.8, 4) is 0 Å². The van der Waals surface area contributed by atoms with Crippen LogP contribution in [0.4, 0.5) is 5.69 Å². The molecule has 1 fully saturated rings. The van der Waals surface area contributed by atoms with Crippen molar-refractivity contribution < 1.29 is 9.66 Å². The van der Waals surface area contributed by atoms with E-state index >= 15 is 0 Å². The number of hydrogen-bond donors (Lipinski definition) is 0. The molecule has 0 bridgehead atoms. The lowest BCUT2D eigenvalue weighted by Crippen LogP contribution is -2.37. The quantitative estimate of drug-likeness (QED) is 0.595. The Morgan fingerprint density at radius 2 is 1.88 bits per heavy atom. The Labute approximate surface area is 100 Å². The largest absolute Gasteiger partial charge is 0.379 e. The molecule has 0 saturated carbocycles. The lowest BCUT2D eigenvalue weighted by atomic mass is 10.1. The van der Waals surface area contributed by atoms with Crippen molar-refractivity contribution in [3.63, 3.8) is 0 Å². The fourth-order valence-electron chi connectivity index (χ4n) is 2.05. The molecule has 1 aliphatic rings. The van der Waals surface area contributed by atoms with Gasteiger partial charge in [-0.3, -0.25) is 15.0 Å². The van der Waals surface area contributed by atoms with Crippen molar-refractivity contribution in [1.29, 1.82) is 0 Å². The number of nitro benzene ring substituents is 1. The highest BCUT2D eigenvalue weighted by molar-refractivity contribution is 5.34. The molecule has 0 aliphatic carbocycles. The molecule has 0 amide bonds. The molecule has 1 atom stereocenters. The first-order chi connectivity index (χ1) is 8.18. The number of ether oxygens (including phenoxy) is 1. The smallest absolute Gasteiger partial charge is 0.269 e. The molecule has 92 valence electrons. The summed E-state index contributed by atoms with van der Waals surface area (Å²) in [5, 5.41) is 10.6. The third kappa shape index (κ3) is 2.81. The van der Waals surface area contributed by atoms with Gasteiger partial charge in [0.05, 0.1) is 18.1 Å². The molecule has 2 rings (SSSR count). The van der Waals surface area contributed by atoms with E-state index in [2.05, 4.69) is 11.8 Å². The zero-order chi connectivity index (χ0) is 12.3. The van der Waals surface area contributed by atoms with Gasteiger partial charge in [0.15, 0.2) is 0 Å². The highest BCUT2D eigenvalue weighted by atomic mass is 16.6. The SMILES string of the molecule is C[C@H](c1ccc([N+](=O)[O-])cc1)N1CCOCC1. The minimum absolute atomic E-state index is 0.142. The topological polar surface area (TPSA) is 55.6 Å². The van der Waals surface area contributed by atoms with Gasteiger partial charge in [-0.1, -0.05) is 12.1 Å². The Morgan fingerprint density at radius 1 is 1.29 bits per heavy atom.